The number of unbranched alkanes of at least 4 members (excludes halogenated alkanes) is 1. The van der Waals surface area contributed by atoms with Crippen LogP contribution in [0.25, 0.3) is 0 Å². The number of aromatic nitrogens is 1. The monoisotopic (exact) mass is 275 g/mol. The van der Waals surface area contributed by atoms with Crippen LogP contribution in [0.1, 0.15) is 58.1 Å². The largest absolute Gasteiger partial charge is 0.357 e. The molecule has 2 rings (SSSR count). The normalized spacial score (nSPS) is 19.4. The minimum atomic E-state index is 0.575. The van der Waals surface area contributed by atoms with Crippen LogP contribution in [0.15, 0.2) is 18.3 Å². The highest BCUT2D eigenvalue weighted by atomic mass is 15.2. The smallest absolute Gasteiger partial charge is 0.133 e. The van der Waals surface area contributed by atoms with Gasteiger partial charge in [0.05, 0.1) is 0 Å². The van der Waals surface area contributed by atoms with Crippen molar-refractivity contribution in [2.24, 2.45) is 0 Å². The number of hydrogen-bond donors (Lipinski definition) is 0. The van der Waals surface area contributed by atoms with Crippen molar-refractivity contribution in [2.75, 3.05) is 31.1 Å². The van der Waals surface area contributed by atoms with Crippen LogP contribution in [0.4, 0.5) is 5.82 Å². The van der Waals surface area contributed by atoms with Crippen molar-refractivity contribution in [1.29, 1.82) is 0 Å². The van der Waals surface area contributed by atoms with E-state index >= 15 is 0 Å². The van der Waals surface area contributed by atoms with Gasteiger partial charge in [0.2, 0.25) is 0 Å². The number of anilines is 1. The van der Waals surface area contributed by atoms with Gasteiger partial charge in [-0.1, -0.05) is 19.4 Å². The van der Waals surface area contributed by atoms with E-state index in [0.29, 0.717) is 6.04 Å². The first-order valence-corrected chi connectivity index (χ1v) is 8.25. The molecule has 1 atom stereocenters. The molecule has 0 N–H and O–H groups in total. The number of likely N-dealkylation sites (tertiary alicyclic amines) is 1. The Hall–Kier alpha value is -1.09. The van der Waals surface area contributed by atoms with Crippen LogP contribution in [-0.4, -0.2) is 36.1 Å². The predicted octanol–water partition coefficient (Wildman–Crippen LogP) is 3.86. The highest BCUT2D eigenvalue weighted by Gasteiger charge is 2.28. The number of nitrogens with zero attached hydrogens (tertiary/aromatic N) is 3. The fourth-order valence-corrected chi connectivity index (χ4v) is 3.26. The molecule has 1 aliphatic heterocycles. The maximum absolute atomic E-state index is 4.68. The summed E-state index contributed by atoms with van der Waals surface area (Å²) in [5.41, 5.74) is 1.44. The van der Waals surface area contributed by atoms with Crippen LogP contribution >= 0.6 is 0 Å². The minimum Gasteiger partial charge on any atom is -0.357 e. The first-order valence-electron chi connectivity index (χ1n) is 8.25. The molecule has 3 nitrogen and oxygen atoms in total. The van der Waals surface area contributed by atoms with Crippen molar-refractivity contribution in [3.05, 3.63) is 23.9 Å². The summed E-state index contributed by atoms with van der Waals surface area (Å²) in [5, 5.41) is 0. The number of rotatable bonds is 7. The molecule has 1 fully saturated rings. The van der Waals surface area contributed by atoms with Crippen LogP contribution in [0.3, 0.4) is 0 Å². The third kappa shape index (κ3) is 3.32. The zero-order chi connectivity index (χ0) is 14.4. The second-order valence-corrected chi connectivity index (χ2v) is 5.64. The molecule has 0 radical (unpaired) electrons. The average molecular weight is 275 g/mol. The van der Waals surface area contributed by atoms with Gasteiger partial charge in [-0.2, -0.15) is 0 Å². The molecule has 1 saturated heterocycles. The van der Waals surface area contributed by atoms with Gasteiger partial charge in [-0.05, 0) is 52.3 Å². The van der Waals surface area contributed by atoms with Crippen LogP contribution in [0, 0.1) is 0 Å². The van der Waals surface area contributed by atoms with Gasteiger partial charge in [-0.25, -0.2) is 4.98 Å². The summed E-state index contributed by atoms with van der Waals surface area (Å²) >= 11 is 0. The summed E-state index contributed by atoms with van der Waals surface area (Å²) < 4.78 is 0. The fourth-order valence-electron chi connectivity index (χ4n) is 3.26. The lowest BCUT2D eigenvalue weighted by Gasteiger charge is -2.29. The van der Waals surface area contributed by atoms with Gasteiger partial charge in [-0.3, -0.25) is 4.90 Å². The Balaban J connectivity index is 2.22. The molecule has 1 aliphatic rings. The van der Waals surface area contributed by atoms with E-state index in [1.165, 1.54) is 50.2 Å². The molecule has 0 bridgehead atoms. The van der Waals surface area contributed by atoms with E-state index in [4.69, 9.17) is 0 Å². The first kappa shape index (κ1) is 15.3. The van der Waals surface area contributed by atoms with Crippen molar-refractivity contribution >= 4 is 5.82 Å². The molecule has 3 heteroatoms. The highest BCUT2D eigenvalue weighted by molar-refractivity contribution is 5.48. The summed E-state index contributed by atoms with van der Waals surface area (Å²) in [4.78, 5) is 9.72. The van der Waals surface area contributed by atoms with Crippen LogP contribution < -0.4 is 4.90 Å². The maximum atomic E-state index is 4.68. The van der Waals surface area contributed by atoms with E-state index < -0.39 is 0 Å². The van der Waals surface area contributed by atoms with Crippen molar-refractivity contribution < 1.29 is 0 Å². The Bertz CT molecular complexity index is 401. The minimum absolute atomic E-state index is 0.575. The Morgan fingerprint density at radius 1 is 1.30 bits per heavy atom. The van der Waals surface area contributed by atoms with E-state index in [1.807, 2.05) is 6.20 Å². The van der Waals surface area contributed by atoms with E-state index in [-0.39, 0.29) is 0 Å². The van der Waals surface area contributed by atoms with E-state index in [1.54, 1.807) is 0 Å². The molecule has 1 unspecified atom stereocenters. The quantitative estimate of drug-likeness (QED) is 0.753. The lowest BCUT2D eigenvalue weighted by molar-refractivity contribution is 0.253. The van der Waals surface area contributed by atoms with Gasteiger partial charge >= 0.3 is 0 Å². The molecular weight excluding hydrogens is 246 g/mol. The molecule has 0 aliphatic carbocycles. The number of hydrogen-bond acceptors (Lipinski definition) is 3. The van der Waals surface area contributed by atoms with Gasteiger partial charge in [0.1, 0.15) is 5.82 Å². The predicted molar refractivity (Wildman–Crippen MR) is 86.3 cm³/mol. The van der Waals surface area contributed by atoms with Crippen molar-refractivity contribution in [1.82, 2.24) is 9.88 Å². The molecule has 0 aromatic carbocycles. The average Bonchev–Trinajstić information content (AvgIpc) is 2.95. The van der Waals surface area contributed by atoms with Gasteiger partial charge in [0.25, 0.3) is 0 Å². The topological polar surface area (TPSA) is 19.4 Å². The summed E-state index contributed by atoms with van der Waals surface area (Å²) in [7, 11) is 0. The zero-order valence-corrected chi connectivity index (χ0v) is 13.3. The maximum Gasteiger partial charge on any atom is 0.133 e. The summed E-state index contributed by atoms with van der Waals surface area (Å²) in [6.07, 6.45) is 7.11. The summed E-state index contributed by atoms with van der Waals surface area (Å²) in [6.45, 7) is 11.2. The molecule has 1 aromatic heterocycles. The van der Waals surface area contributed by atoms with E-state index in [0.717, 1.165) is 13.1 Å². The molecule has 2 heterocycles. The molecular formula is C17H29N3. The van der Waals surface area contributed by atoms with Crippen molar-refractivity contribution in [3.63, 3.8) is 0 Å². The Morgan fingerprint density at radius 2 is 2.10 bits per heavy atom. The Kier molecular flexibility index (Phi) is 5.84. The van der Waals surface area contributed by atoms with Gasteiger partial charge in [-0.15, -0.1) is 0 Å². The van der Waals surface area contributed by atoms with Crippen molar-refractivity contribution in [3.8, 4) is 0 Å². The summed E-state index contributed by atoms with van der Waals surface area (Å²) in [5.74, 6) is 1.20. The van der Waals surface area contributed by atoms with E-state index in [9.17, 15) is 0 Å². The molecule has 20 heavy (non-hydrogen) atoms. The Morgan fingerprint density at radius 3 is 2.80 bits per heavy atom. The van der Waals surface area contributed by atoms with Crippen LogP contribution in [0.2, 0.25) is 0 Å². The van der Waals surface area contributed by atoms with Gasteiger partial charge in [0.15, 0.2) is 0 Å². The second-order valence-electron chi connectivity index (χ2n) is 5.64. The first-order chi connectivity index (χ1) is 9.81. The molecule has 0 amide bonds. The van der Waals surface area contributed by atoms with Crippen LogP contribution in [0.5, 0.6) is 0 Å². The molecule has 112 valence electrons. The zero-order valence-electron chi connectivity index (χ0n) is 13.3. The van der Waals surface area contributed by atoms with Gasteiger partial charge < -0.3 is 4.90 Å². The van der Waals surface area contributed by atoms with Gasteiger partial charge in [0, 0.05) is 30.9 Å². The summed E-state index contributed by atoms with van der Waals surface area (Å²) in [6, 6.07) is 4.96. The van der Waals surface area contributed by atoms with Crippen molar-refractivity contribution in [2.45, 2.75) is 52.5 Å². The lowest BCUT2D eigenvalue weighted by Crippen LogP contribution is -2.29. The van der Waals surface area contributed by atoms with E-state index in [2.05, 4.69) is 47.7 Å². The molecule has 1 aromatic rings. The second kappa shape index (κ2) is 7.63. The third-order valence-electron chi connectivity index (χ3n) is 4.40. The molecule has 0 spiro atoms. The Labute approximate surface area is 124 Å². The third-order valence-corrected chi connectivity index (χ3v) is 4.40. The van der Waals surface area contributed by atoms with Crippen LogP contribution in [-0.2, 0) is 0 Å². The molecule has 0 saturated carbocycles. The SMILES string of the molecule is CCCCN1CCCC1c1cccnc1N(CC)CC. The number of pyridine rings is 1. The lowest BCUT2D eigenvalue weighted by atomic mass is 10.0. The fraction of sp³-hybridized carbons (Fsp3) is 0.706. The standard InChI is InChI=1S/C17H29N3/c1-4-7-13-20-14-9-11-16(20)15-10-8-12-18-17(15)19(5-2)6-3/h8,10,12,16H,4-7,9,11,13-14H2,1-3H3. The highest BCUT2D eigenvalue weighted by Crippen LogP contribution is 2.36.